The number of amides is 1. The van der Waals surface area contributed by atoms with E-state index >= 15 is 0 Å². The monoisotopic (exact) mass is 295 g/mol. The number of carbonyl (C=O) groups excluding carboxylic acids is 1. The van der Waals surface area contributed by atoms with Gasteiger partial charge in [0.25, 0.3) is 0 Å². The number of nitrogens with one attached hydrogen (secondary N) is 2. The largest absolute Gasteiger partial charge is 0.365 e. The van der Waals surface area contributed by atoms with Gasteiger partial charge in [-0.2, -0.15) is 0 Å². The molecule has 0 atom stereocenters. The lowest BCUT2D eigenvalue weighted by atomic mass is 10.1. The Bertz CT molecular complexity index is 474. The van der Waals surface area contributed by atoms with Crippen LogP contribution in [-0.2, 0) is 11.3 Å². The number of halogens is 1. The molecular formula is C15H22ClN3O. The molecule has 0 spiro atoms. The van der Waals surface area contributed by atoms with Crippen molar-refractivity contribution < 1.29 is 4.79 Å². The van der Waals surface area contributed by atoms with Crippen molar-refractivity contribution in [3.05, 3.63) is 28.8 Å². The van der Waals surface area contributed by atoms with Gasteiger partial charge >= 0.3 is 0 Å². The summed E-state index contributed by atoms with van der Waals surface area (Å²) in [5, 5.41) is 7.04. The van der Waals surface area contributed by atoms with Gasteiger partial charge in [0.05, 0.1) is 6.54 Å². The fourth-order valence-electron chi connectivity index (χ4n) is 2.17. The summed E-state index contributed by atoms with van der Waals surface area (Å²) in [6, 6.07) is 6.46. The molecule has 0 unspecified atom stereocenters. The molecule has 0 bridgehead atoms. The molecule has 4 nitrogen and oxygen atoms in total. The van der Waals surface area contributed by atoms with Crippen LogP contribution >= 0.6 is 11.6 Å². The second-order valence-electron chi connectivity index (χ2n) is 5.20. The van der Waals surface area contributed by atoms with E-state index in [1.165, 1.54) is 12.8 Å². The first-order valence-corrected chi connectivity index (χ1v) is 7.48. The van der Waals surface area contributed by atoms with E-state index in [1.54, 1.807) is 0 Å². The van der Waals surface area contributed by atoms with Crippen molar-refractivity contribution >= 4 is 23.2 Å². The number of anilines is 1. The van der Waals surface area contributed by atoms with E-state index in [0.717, 1.165) is 22.8 Å². The average Bonchev–Trinajstić information content (AvgIpc) is 3.21. The van der Waals surface area contributed by atoms with Crippen molar-refractivity contribution in [3.8, 4) is 0 Å². The highest BCUT2D eigenvalue weighted by atomic mass is 35.5. The predicted molar refractivity (Wildman–Crippen MR) is 83.3 cm³/mol. The smallest absolute Gasteiger partial charge is 0.239 e. The van der Waals surface area contributed by atoms with Crippen LogP contribution in [0, 0.1) is 0 Å². The molecule has 0 radical (unpaired) electrons. The lowest BCUT2D eigenvalue weighted by molar-refractivity contribution is -0.119. The minimum atomic E-state index is 0.0241. The first-order valence-electron chi connectivity index (χ1n) is 7.10. The van der Waals surface area contributed by atoms with Crippen LogP contribution in [0.2, 0.25) is 5.02 Å². The second kappa shape index (κ2) is 6.95. The number of hydrogen-bond donors (Lipinski definition) is 2. The molecule has 0 saturated heterocycles. The van der Waals surface area contributed by atoms with Crippen LogP contribution < -0.4 is 15.5 Å². The van der Waals surface area contributed by atoms with E-state index in [1.807, 2.05) is 37.1 Å². The molecule has 1 aliphatic rings. The van der Waals surface area contributed by atoms with Crippen molar-refractivity contribution in [1.82, 2.24) is 10.6 Å². The molecule has 1 saturated carbocycles. The van der Waals surface area contributed by atoms with Crippen molar-refractivity contribution in [2.75, 3.05) is 25.0 Å². The minimum Gasteiger partial charge on any atom is -0.365 e. The molecule has 110 valence electrons. The molecule has 0 aromatic heterocycles. The summed E-state index contributed by atoms with van der Waals surface area (Å²) in [5.74, 6) is 0.0241. The fourth-order valence-corrected chi connectivity index (χ4v) is 2.40. The number of likely N-dealkylation sites (N-methyl/N-ethyl adjacent to an activating group) is 2. The zero-order valence-corrected chi connectivity index (χ0v) is 12.8. The third-order valence-electron chi connectivity index (χ3n) is 3.40. The van der Waals surface area contributed by atoms with Gasteiger partial charge in [0, 0.05) is 42.5 Å². The highest BCUT2D eigenvalue weighted by molar-refractivity contribution is 6.31. The Hall–Kier alpha value is -1.26. The third kappa shape index (κ3) is 4.12. The zero-order valence-electron chi connectivity index (χ0n) is 12.1. The summed E-state index contributed by atoms with van der Waals surface area (Å²) in [6.45, 7) is 3.66. The lowest BCUT2D eigenvalue weighted by Crippen LogP contribution is -2.35. The van der Waals surface area contributed by atoms with Gasteiger partial charge in [0.2, 0.25) is 5.91 Å². The van der Waals surface area contributed by atoms with Crippen molar-refractivity contribution in [1.29, 1.82) is 0 Å². The molecule has 1 fully saturated rings. The van der Waals surface area contributed by atoms with E-state index in [9.17, 15) is 4.79 Å². The van der Waals surface area contributed by atoms with Crippen molar-refractivity contribution in [3.63, 3.8) is 0 Å². The van der Waals surface area contributed by atoms with Gasteiger partial charge in [-0.1, -0.05) is 17.7 Å². The van der Waals surface area contributed by atoms with E-state index < -0.39 is 0 Å². The number of benzene rings is 1. The number of rotatable bonds is 7. The second-order valence-corrected chi connectivity index (χ2v) is 5.61. The van der Waals surface area contributed by atoms with Gasteiger partial charge in [0.15, 0.2) is 0 Å². The van der Waals surface area contributed by atoms with Gasteiger partial charge in [-0.05, 0) is 31.9 Å². The normalized spacial score (nSPS) is 14.2. The van der Waals surface area contributed by atoms with E-state index in [2.05, 4.69) is 10.6 Å². The van der Waals surface area contributed by atoms with Crippen LogP contribution in [-0.4, -0.2) is 32.1 Å². The van der Waals surface area contributed by atoms with Crippen LogP contribution in [0.15, 0.2) is 18.2 Å². The van der Waals surface area contributed by atoms with Crippen LogP contribution in [0.4, 0.5) is 5.69 Å². The molecule has 20 heavy (non-hydrogen) atoms. The van der Waals surface area contributed by atoms with Crippen LogP contribution in [0.3, 0.4) is 0 Å². The minimum absolute atomic E-state index is 0.0241. The molecule has 2 rings (SSSR count). The van der Waals surface area contributed by atoms with Crippen LogP contribution in [0.5, 0.6) is 0 Å². The summed E-state index contributed by atoms with van der Waals surface area (Å²) in [4.78, 5) is 13.6. The summed E-state index contributed by atoms with van der Waals surface area (Å²) in [6.07, 6.45) is 2.49. The Kier molecular flexibility index (Phi) is 5.26. The zero-order chi connectivity index (χ0) is 14.5. The van der Waals surface area contributed by atoms with Gasteiger partial charge in [-0.25, -0.2) is 0 Å². The Balaban J connectivity index is 2.07. The Morgan fingerprint density at radius 2 is 2.20 bits per heavy atom. The molecule has 1 aromatic rings. The predicted octanol–water partition coefficient (Wildman–Crippen LogP) is 2.16. The van der Waals surface area contributed by atoms with E-state index in [4.69, 9.17) is 11.6 Å². The summed E-state index contributed by atoms with van der Waals surface area (Å²) < 4.78 is 0. The molecule has 0 aliphatic heterocycles. The number of nitrogens with zero attached hydrogens (tertiary/aromatic N) is 1. The summed E-state index contributed by atoms with van der Waals surface area (Å²) in [7, 11) is 1.92. The quantitative estimate of drug-likeness (QED) is 0.810. The highest BCUT2D eigenvalue weighted by Crippen LogP contribution is 2.28. The van der Waals surface area contributed by atoms with Gasteiger partial charge in [0.1, 0.15) is 0 Å². The first kappa shape index (κ1) is 15.1. The van der Waals surface area contributed by atoms with Gasteiger partial charge in [-0.3, -0.25) is 4.79 Å². The fraction of sp³-hybridized carbons (Fsp3) is 0.533. The third-order valence-corrected chi connectivity index (χ3v) is 3.76. The molecular weight excluding hydrogens is 274 g/mol. The SMILES string of the molecule is CCNC(=O)CN(C)c1cccc(Cl)c1CNC1CC1. The Morgan fingerprint density at radius 3 is 2.85 bits per heavy atom. The maximum atomic E-state index is 11.7. The Morgan fingerprint density at radius 1 is 1.45 bits per heavy atom. The lowest BCUT2D eigenvalue weighted by Gasteiger charge is -2.23. The Labute approximate surface area is 125 Å². The average molecular weight is 296 g/mol. The highest BCUT2D eigenvalue weighted by Gasteiger charge is 2.21. The molecule has 1 aromatic carbocycles. The maximum absolute atomic E-state index is 11.7. The first-order chi connectivity index (χ1) is 9.61. The standard InChI is InChI=1S/C15H22ClN3O/c1-3-17-15(20)10-19(2)14-6-4-5-13(16)12(14)9-18-11-7-8-11/h4-6,11,18H,3,7-10H2,1-2H3,(H,17,20). The van der Waals surface area contributed by atoms with E-state index in [0.29, 0.717) is 19.1 Å². The van der Waals surface area contributed by atoms with Crippen LogP contribution in [0.1, 0.15) is 25.3 Å². The molecule has 1 aliphatic carbocycles. The molecule has 1 amide bonds. The number of hydrogen-bond acceptors (Lipinski definition) is 3. The molecule has 5 heteroatoms. The molecule has 2 N–H and O–H groups in total. The van der Waals surface area contributed by atoms with Crippen LogP contribution in [0.25, 0.3) is 0 Å². The van der Waals surface area contributed by atoms with E-state index in [-0.39, 0.29) is 5.91 Å². The summed E-state index contributed by atoms with van der Waals surface area (Å²) >= 11 is 6.31. The maximum Gasteiger partial charge on any atom is 0.239 e. The topological polar surface area (TPSA) is 44.4 Å². The number of carbonyl (C=O) groups is 1. The van der Waals surface area contributed by atoms with Gasteiger partial charge in [-0.15, -0.1) is 0 Å². The van der Waals surface area contributed by atoms with Gasteiger partial charge < -0.3 is 15.5 Å². The summed E-state index contributed by atoms with van der Waals surface area (Å²) in [5.41, 5.74) is 2.07. The van der Waals surface area contributed by atoms with Crippen molar-refractivity contribution in [2.24, 2.45) is 0 Å². The van der Waals surface area contributed by atoms with Crippen molar-refractivity contribution in [2.45, 2.75) is 32.4 Å². The molecule has 0 heterocycles.